The van der Waals surface area contributed by atoms with E-state index in [-0.39, 0.29) is 18.1 Å². The van der Waals surface area contributed by atoms with Crippen molar-refractivity contribution >= 4 is 17.5 Å². The number of aryl methyl sites for hydroxylation is 4. The van der Waals surface area contributed by atoms with Crippen LogP contribution in [0.4, 0.5) is 5.82 Å². The molecule has 2 aromatic heterocycles. The first-order chi connectivity index (χ1) is 13.3. The van der Waals surface area contributed by atoms with Gasteiger partial charge in [0, 0.05) is 28.9 Å². The molecule has 1 aromatic carbocycles. The van der Waals surface area contributed by atoms with Gasteiger partial charge in [0.2, 0.25) is 5.91 Å². The molecule has 28 heavy (non-hydrogen) atoms. The number of amides is 1. The number of carbonyl (C=O) groups is 2. The number of hydrogen-bond acceptors (Lipinski definition) is 5. The third-order valence-electron chi connectivity index (χ3n) is 4.99. The summed E-state index contributed by atoms with van der Waals surface area (Å²) in [4.78, 5) is 34.6. The minimum atomic E-state index is -0.579. The molecule has 1 aliphatic heterocycles. The van der Waals surface area contributed by atoms with E-state index in [1.807, 2.05) is 52.0 Å². The zero-order valence-electron chi connectivity index (χ0n) is 16.3. The van der Waals surface area contributed by atoms with Crippen molar-refractivity contribution in [3.63, 3.8) is 0 Å². The molecule has 0 saturated heterocycles. The standard InChI is InChI=1S/C21H21N5O2/c1-11-7-5-6-8-15(11)19(28)16-10-17(27)24-20-18(16)14(4)25-26(20)21-22-12(2)9-13(3)23-21/h5-9,16H,10H2,1-4H3,(H,24,27). The second kappa shape index (κ2) is 6.67. The third-order valence-corrected chi connectivity index (χ3v) is 4.99. The van der Waals surface area contributed by atoms with Crippen LogP contribution in [0.5, 0.6) is 0 Å². The van der Waals surface area contributed by atoms with E-state index in [2.05, 4.69) is 20.4 Å². The fourth-order valence-corrected chi connectivity index (χ4v) is 3.75. The topological polar surface area (TPSA) is 89.8 Å². The number of nitrogens with zero attached hydrogens (tertiary/aromatic N) is 4. The molecule has 1 N–H and O–H groups in total. The molecule has 7 nitrogen and oxygen atoms in total. The van der Waals surface area contributed by atoms with E-state index in [1.54, 1.807) is 6.07 Å². The first-order valence-corrected chi connectivity index (χ1v) is 9.17. The van der Waals surface area contributed by atoms with Crippen molar-refractivity contribution in [2.45, 2.75) is 40.0 Å². The van der Waals surface area contributed by atoms with Crippen molar-refractivity contribution in [2.24, 2.45) is 0 Å². The van der Waals surface area contributed by atoms with Gasteiger partial charge < -0.3 is 5.32 Å². The van der Waals surface area contributed by atoms with Gasteiger partial charge in [-0.1, -0.05) is 24.3 Å². The van der Waals surface area contributed by atoms with E-state index in [1.165, 1.54) is 4.68 Å². The number of hydrogen-bond donors (Lipinski definition) is 1. The molecule has 3 heterocycles. The molecule has 1 unspecified atom stereocenters. The molecule has 0 bridgehead atoms. The Hall–Kier alpha value is -3.35. The number of nitrogens with one attached hydrogen (secondary N) is 1. The number of aromatic nitrogens is 4. The Bertz CT molecular complexity index is 1100. The predicted molar refractivity (Wildman–Crippen MR) is 105 cm³/mol. The minimum absolute atomic E-state index is 0.0711. The lowest BCUT2D eigenvalue weighted by atomic mass is 9.84. The quantitative estimate of drug-likeness (QED) is 0.710. The monoisotopic (exact) mass is 375 g/mol. The van der Waals surface area contributed by atoms with Crippen molar-refractivity contribution in [1.82, 2.24) is 19.7 Å². The Morgan fingerprint density at radius 3 is 2.46 bits per heavy atom. The molecule has 142 valence electrons. The first-order valence-electron chi connectivity index (χ1n) is 9.17. The highest BCUT2D eigenvalue weighted by atomic mass is 16.2. The van der Waals surface area contributed by atoms with Crippen molar-refractivity contribution in [3.05, 3.63) is 64.1 Å². The van der Waals surface area contributed by atoms with Gasteiger partial charge in [0.1, 0.15) is 5.82 Å². The molecule has 1 aliphatic rings. The van der Waals surface area contributed by atoms with Crippen molar-refractivity contribution < 1.29 is 9.59 Å². The number of anilines is 1. The summed E-state index contributed by atoms with van der Waals surface area (Å²) in [6, 6.07) is 9.30. The molecule has 0 spiro atoms. The van der Waals surface area contributed by atoms with Gasteiger partial charge in [0.05, 0.1) is 11.6 Å². The van der Waals surface area contributed by atoms with E-state index in [0.717, 1.165) is 22.5 Å². The van der Waals surface area contributed by atoms with Crippen LogP contribution >= 0.6 is 0 Å². The number of fused-ring (bicyclic) bond motifs is 1. The normalized spacial score (nSPS) is 15.9. The summed E-state index contributed by atoms with van der Waals surface area (Å²) in [5.41, 5.74) is 4.55. The highest BCUT2D eigenvalue weighted by Crippen LogP contribution is 2.38. The van der Waals surface area contributed by atoms with Gasteiger partial charge in [0.25, 0.3) is 5.95 Å². The van der Waals surface area contributed by atoms with E-state index >= 15 is 0 Å². The second-order valence-electron chi connectivity index (χ2n) is 7.19. The van der Waals surface area contributed by atoms with Gasteiger partial charge in [-0.25, -0.2) is 9.97 Å². The molecule has 0 fully saturated rings. The number of carbonyl (C=O) groups excluding carboxylic acids is 2. The van der Waals surface area contributed by atoms with Crippen LogP contribution in [0.1, 0.15) is 50.9 Å². The molecule has 7 heteroatoms. The average molecular weight is 375 g/mol. The van der Waals surface area contributed by atoms with Crippen LogP contribution in [0.2, 0.25) is 0 Å². The van der Waals surface area contributed by atoms with Gasteiger partial charge >= 0.3 is 0 Å². The molecular formula is C21H21N5O2. The molecule has 0 saturated carbocycles. The van der Waals surface area contributed by atoms with E-state index in [9.17, 15) is 9.59 Å². The van der Waals surface area contributed by atoms with Crippen molar-refractivity contribution in [1.29, 1.82) is 0 Å². The van der Waals surface area contributed by atoms with Crippen LogP contribution in [0.3, 0.4) is 0 Å². The van der Waals surface area contributed by atoms with E-state index in [4.69, 9.17) is 0 Å². The Balaban J connectivity index is 1.86. The zero-order valence-corrected chi connectivity index (χ0v) is 16.3. The Labute approximate surface area is 162 Å². The largest absolute Gasteiger partial charge is 0.310 e. The lowest BCUT2D eigenvalue weighted by Crippen LogP contribution is -2.29. The third kappa shape index (κ3) is 2.98. The first kappa shape index (κ1) is 18.0. The molecule has 1 amide bonds. The SMILES string of the molecule is Cc1cc(C)nc(-n2nc(C)c3c2NC(=O)CC3C(=O)c2ccccc2C)n1. The van der Waals surface area contributed by atoms with E-state index < -0.39 is 5.92 Å². The summed E-state index contributed by atoms with van der Waals surface area (Å²) in [6.45, 7) is 7.50. The summed E-state index contributed by atoms with van der Waals surface area (Å²) in [7, 11) is 0. The summed E-state index contributed by atoms with van der Waals surface area (Å²) in [5, 5.41) is 7.42. The fourth-order valence-electron chi connectivity index (χ4n) is 3.75. The van der Waals surface area contributed by atoms with Crippen LogP contribution in [-0.4, -0.2) is 31.4 Å². The maximum Gasteiger partial charge on any atom is 0.252 e. The van der Waals surface area contributed by atoms with Gasteiger partial charge in [0.15, 0.2) is 5.78 Å². The maximum atomic E-state index is 13.3. The molecule has 3 aromatic rings. The van der Waals surface area contributed by atoms with Crippen LogP contribution in [0, 0.1) is 27.7 Å². The highest BCUT2D eigenvalue weighted by molar-refractivity contribution is 6.08. The predicted octanol–water partition coefficient (Wildman–Crippen LogP) is 3.20. The molecular weight excluding hydrogens is 354 g/mol. The van der Waals surface area contributed by atoms with Crippen LogP contribution < -0.4 is 5.32 Å². The van der Waals surface area contributed by atoms with Gasteiger partial charge in [-0.05, 0) is 39.3 Å². The van der Waals surface area contributed by atoms with Gasteiger partial charge in [-0.3, -0.25) is 9.59 Å². The highest BCUT2D eigenvalue weighted by Gasteiger charge is 2.37. The van der Waals surface area contributed by atoms with Gasteiger partial charge in [-0.2, -0.15) is 9.78 Å². The molecule has 0 aliphatic carbocycles. The summed E-state index contributed by atoms with van der Waals surface area (Å²) < 4.78 is 1.53. The summed E-state index contributed by atoms with van der Waals surface area (Å²) in [5.74, 6) is -0.00974. The number of benzene rings is 1. The van der Waals surface area contributed by atoms with Crippen molar-refractivity contribution in [3.8, 4) is 5.95 Å². The van der Waals surface area contributed by atoms with Crippen molar-refractivity contribution in [2.75, 3.05) is 5.32 Å². The lowest BCUT2D eigenvalue weighted by molar-refractivity contribution is -0.116. The molecule has 1 atom stereocenters. The minimum Gasteiger partial charge on any atom is -0.310 e. The average Bonchev–Trinajstić information content (AvgIpc) is 2.96. The number of rotatable bonds is 3. The zero-order chi connectivity index (χ0) is 20.0. The fraction of sp³-hybridized carbons (Fsp3) is 0.286. The maximum absolute atomic E-state index is 13.3. The van der Waals surface area contributed by atoms with Gasteiger partial charge in [-0.15, -0.1) is 0 Å². The number of Topliss-reactive ketones (excluding diaryl/α,β-unsaturated/α-hetero) is 1. The van der Waals surface area contributed by atoms with E-state index in [0.29, 0.717) is 23.0 Å². The smallest absolute Gasteiger partial charge is 0.252 e. The Morgan fingerprint density at radius 2 is 1.79 bits per heavy atom. The summed E-state index contributed by atoms with van der Waals surface area (Å²) >= 11 is 0. The van der Waals surface area contributed by atoms with Crippen LogP contribution in [0.15, 0.2) is 30.3 Å². The Kier molecular flexibility index (Phi) is 4.30. The Morgan fingerprint density at radius 1 is 1.11 bits per heavy atom. The molecule has 0 radical (unpaired) electrons. The summed E-state index contributed by atoms with van der Waals surface area (Å²) in [6.07, 6.45) is 0.0976. The molecule has 4 rings (SSSR count). The second-order valence-corrected chi connectivity index (χ2v) is 7.19. The van der Waals surface area contributed by atoms with Crippen LogP contribution in [-0.2, 0) is 4.79 Å². The number of ketones is 1. The van der Waals surface area contributed by atoms with Crippen LogP contribution in [0.25, 0.3) is 5.95 Å². The lowest BCUT2D eigenvalue weighted by Gasteiger charge is -2.23.